The van der Waals surface area contributed by atoms with Crippen LogP contribution < -0.4 is 10.6 Å². The number of thioether (sulfide) groups is 1. The van der Waals surface area contributed by atoms with Gasteiger partial charge in [-0.05, 0) is 43.9 Å². The molecule has 0 radical (unpaired) electrons. The van der Waals surface area contributed by atoms with Gasteiger partial charge in [0.15, 0.2) is 0 Å². The largest absolute Gasteiger partial charge is 0.348 e. The Morgan fingerprint density at radius 1 is 0.970 bits per heavy atom. The normalized spacial score (nSPS) is 22.5. The molecule has 4 atom stereocenters. The van der Waals surface area contributed by atoms with Crippen LogP contribution in [0.25, 0.3) is 0 Å². The molecule has 2 N–H and O–H groups in total. The predicted octanol–water partition coefficient (Wildman–Crippen LogP) is 4.05. The Labute approximate surface area is 199 Å². The van der Waals surface area contributed by atoms with Crippen LogP contribution >= 0.6 is 11.8 Å². The van der Waals surface area contributed by atoms with Crippen molar-refractivity contribution in [2.24, 2.45) is 5.92 Å². The van der Waals surface area contributed by atoms with Gasteiger partial charge in [0.2, 0.25) is 11.8 Å². The molecule has 174 valence electrons. The van der Waals surface area contributed by atoms with Crippen molar-refractivity contribution in [2.75, 3.05) is 0 Å². The van der Waals surface area contributed by atoms with Crippen molar-refractivity contribution in [3.8, 4) is 0 Å². The highest BCUT2D eigenvalue weighted by molar-refractivity contribution is 8.01. The quantitative estimate of drug-likeness (QED) is 0.675. The lowest BCUT2D eigenvalue weighted by atomic mass is 9.97. The van der Waals surface area contributed by atoms with E-state index >= 15 is 0 Å². The summed E-state index contributed by atoms with van der Waals surface area (Å²) in [6.45, 7) is 9.71. The second kappa shape index (κ2) is 8.86. The fraction of sp³-hybridized carbons (Fsp3) is 0.423. The van der Waals surface area contributed by atoms with Gasteiger partial charge in [-0.1, -0.05) is 62.4 Å². The van der Waals surface area contributed by atoms with E-state index in [1.165, 1.54) is 0 Å². The van der Waals surface area contributed by atoms with E-state index in [1.807, 2.05) is 89.2 Å². The van der Waals surface area contributed by atoms with Gasteiger partial charge in [-0.25, -0.2) is 0 Å². The maximum atomic E-state index is 13.6. The highest BCUT2D eigenvalue weighted by Crippen LogP contribution is 2.56. The highest BCUT2D eigenvalue weighted by Gasteiger charge is 2.57. The zero-order chi connectivity index (χ0) is 23.9. The molecular weight excluding hydrogens is 434 g/mol. The van der Waals surface area contributed by atoms with E-state index < -0.39 is 16.8 Å². The molecule has 33 heavy (non-hydrogen) atoms. The SMILES string of the molecule is CC(C)[C@H](NC(=O)[C@@H]1N2C(=O)c3ccccc3[C@@H]2SC1(C)C)C(=O)N[C@H](C)c1ccccc1. The van der Waals surface area contributed by atoms with Crippen LogP contribution in [0.3, 0.4) is 0 Å². The lowest BCUT2D eigenvalue weighted by molar-refractivity contribution is -0.133. The van der Waals surface area contributed by atoms with E-state index in [2.05, 4.69) is 10.6 Å². The molecule has 2 aliphatic rings. The molecule has 1 fully saturated rings. The molecule has 4 rings (SSSR count). The summed E-state index contributed by atoms with van der Waals surface area (Å²) in [5.41, 5.74) is 2.60. The molecule has 7 heteroatoms. The van der Waals surface area contributed by atoms with Gasteiger partial charge in [0.05, 0.1) is 6.04 Å². The van der Waals surface area contributed by atoms with Crippen molar-refractivity contribution in [3.05, 3.63) is 71.3 Å². The van der Waals surface area contributed by atoms with Crippen molar-refractivity contribution in [1.82, 2.24) is 15.5 Å². The third-order valence-corrected chi connectivity index (χ3v) is 7.99. The molecule has 6 nitrogen and oxygen atoms in total. The summed E-state index contributed by atoms with van der Waals surface area (Å²) >= 11 is 1.62. The van der Waals surface area contributed by atoms with Gasteiger partial charge in [0.1, 0.15) is 17.5 Å². The fourth-order valence-corrected chi connectivity index (χ4v) is 6.29. The van der Waals surface area contributed by atoms with Crippen molar-refractivity contribution in [2.45, 2.75) is 62.9 Å². The maximum absolute atomic E-state index is 13.6. The lowest BCUT2D eigenvalue weighted by Crippen LogP contribution is -2.58. The molecule has 2 aromatic carbocycles. The average Bonchev–Trinajstić information content (AvgIpc) is 3.21. The van der Waals surface area contributed by atoms with Crippen LogP contribution in [0.4, 0.5) is 0 Å². The van der Waals surface area contributed by atoms with Gasteiger partial charge in [-0.3, -0.25) is 14.4 Å². The van der Waals surface area contributed by atoms with Crippen molar-refractivity contribution in [1.29, 1.82) is 0 Å². The summed E-state index contributed by atoms with van der Waals surface area (Å²) in [6.07, 6.45) is 0. The third kappa shape index (κ3) is 4.26. The Balaban J connectivity index is 1.53. The van der Waals surface area contributed by atoms with Crippen molar-refractivity contribution in [3.63, 3.8) is 0 Å². The number of carbonyl (C=O) groups is 3. The van der Waals surface area contributed by atoms with Gasteiger partial charge in [0.25, 0.3) is 5.91 Å². The van der Waals surface area contributed by atoms with E-state index in [0.717, 1.165) is 11.1 Å². The summed E-state index contributed by atoms with van der Waals surface area (Å²) < 4.78 is -0.493. The van der Waals surface area contributed by atoms with Crippen molar-refractivity contribution < 1.29 is 14.4 Å². The smallest absolute Gasteiger partial charge is 0.256 e. The molecule has 1 saturated heterocycles. The fourth-order valence-electron chi connectivity index (χ4n) is 4.70. The van der Waals surface area contributed by atoms with Crippen molar-refractivity contribution >= 4 is 29.5 Å². The molecule has 0 aromatic heterocycles. The molecule has 0 bridgehead atoms. The standard InChI is InChI=1S/C26H31N3O3S/c1-15(2)20(22(30)27-16(3)17-11-7-6-8-12-17)28-23(31)21-26(4,5)33-25-19-14-10-9-13-18(19)24(32)29(21)25/h6-16,20-21,25H,1-5H3,(H,27,30)(H,28,31)/t16-,20+,21+,25+/m1/s1. The summed E-state index contributed by atoms with van der Waals surface area (Å²) in [4.78, 5) is 41.6. The number of rotatable bonds is 6. The molecule has 0 spiro atoms. The van der Waals surface area contributed by atoms with Crippen LogP contribution in [-0.4, -0.2) is 39.5 Å². The number of carbonyl (C=O) groups excluding carboxylic acids is 3. The van der Waals surface area contributed by atoms with E-state index in [9.17, 15) is 14.4 Å². The predicted molar refractivity (Wildman–Crippen MR) is 131 cm³/mol. The minimum Gasteiger partial charge on any atom is -0.348 e. The molecule has 0 saturated carbocycles. The summed E-state index contributed by atoms with van der Waals surface area (Å²) in [5, 5.41) is 5.81. The second-order valence-corrected chi connectivity index (χ2v) is 11.4. The Hall–Kier alpha value is -2.80. The summed E-state index contributed by atoms with van der Waals surface area (Å²) in [6, 6.07) is 15.7. The first-order chi connectivity index (χ1) is 15.6. The molecule has 2 aliphatic heterocycles. The van der Waals surface area contributed by atoms with Gasteiger partial charge in [0, 0.05) is 10.3 Å². The summed E-state index contributed by atoms with van der Waals surface area (Å²) in [5.74, 6) is -0.767. The number of nitrogens with one attached hydrogen (secondary N) is 2. The first-order valence-electron chi connectivity index (χ1n) is 11.4. The number of hydrogen-bond donors (Lipinski definition) is 2. The lowest BCUT2D eigenvalue weighted by Gasteiger charge is -2.32. The number of hydrogen-bond acceptors (Lipinski definition) is 4. The van der Waals surface area contributed by atoms with Gasteiger partial charge in [-0.15, -0.1) is 11.8 Å². The van der Waals surface area contributed by atoms with Gasteiger partial charge < -0.3 is 15.5 Å². The van der Waals surface area contributed by atoms with Crippen LogP contribution in [0.15, 0.2) is 54.6 Å². The van der Waals surface area contributed by atoms with E-state index in [1.54, 1.807) is 16.7 Å². The van der Waals surface area contributed by atoms with Crippen LogP contribution in [0.1, 0.15) is 67.5 Å². The number of fused-ring (bicyclic) bond motifs is 3. The number of nitrogens with zero attached hydrogens (tertiary/aromatic N) is 1. The van der Waals surface area contributed by atoms with Crippen LogP contribution in [0.5, 0.6) is 0 Å². The van der Waals surface area contributed by atoms with Gasteiger partial charge in [-0.2, -0.15) is 0 Å². The monoisotopic (exact) mass is 465 g/mol. The zero-order valence-electron chi connectivity index (χ0n) is 19.7. The Morgan fingerprint density at radius 3 is 2.27 bits per heavy atom. The second-order valence-electron chi connectivity index (χ2n) is 9.65. The molecule has 2 heterocycles. The Morgan fingerprint density at radius 2 is 1.61 bits per heavy atom. The number of benzene rings is 2. The first-order valence-corrected chi connectivity index (χ1v) is 12.2. The number of amides is 3. The summed E-state index contributed by atoms with van der Waals surface area (Å²) in [7, 11) is 0. The van der Waals surface area contributed by atoms with Crippen LogP contribution in [0.2, 0.25) is 0 Å². The van der Waals surface area contributed by atoms with Crippen LogP contribution in [-0.2, 0) is 9.59 Å². The van der Waals surface area contributed by atoms with Gasteiger partial charge >= 0.3 is 0 Å². The van der Waals surface area contributed by atoms with E-state index in [4.69, 9.17) is 0 Å². The molecular formula is C26H31N3O3S. The minimum atomic E-state index is -0.705. The molecule has 0 unspecified atom stereocenters. The zero-order valence-corrected chi connectivity index (χ0v) is 20.5. The maximum Gasteiger partial charge on any atom is 0.256 e. The third-order valence-electron chi connectivity index (χ3n) is 6.45. The highest BCUT2D eigenvalue weighted by atomic mass is 32.2. The van der Waals surface area contributed by atoms with E-state index in [0.29, 0.717) is 5.56 Å². The first kappa shape index (κ1) is 23.4. The van der Waals surface area contributed by atoms with Crippen LogP contribution in [0, 0.1) is 5.92 Å². The topological polar surface area (TPSA) is 78.5 Å². The minimum absolute atomic E-state index is 0.114. The van der Waals surface area contributed by atoms with E-state index in [-0.39, 0.29) is 35.1 Å². The molecule has 0 aliphatic carbocycles. The average molecular weight is 466 g/mol. The Bertz CT molecular complexity index is 1070. The molecule has 3 amide bonds. The Kier molecular flexibility index (Phi) is 6.27. The molecule has 2 aromatic rings.